The summed E-state index contributed by atoms with van der Waals surface area (Å²) in [4.78, 5) is 27.8. The molecule has 1 aromatic rings. The number of aryl methyl sites for hydroxylation is 3. The third-order valence-electron chi connectivity index (χ3n) is 5.42. The van der Waals surface area contributed by atoms with Crippen LogP contribution in [-0.2, 0) is 9.47 Å². The van der Waals surface area contributed by atoms with Gasteiger partial charge < -0.3 is 9.47 Å². The highest BCUT2D eigenvalue weighted by molar-refractivity contribution is 6.00. The van der Waals surface area contributed by atoms with Gasteiger partial charge in [-0.1, -0.05) is 17.7 Å². The highest BCUT2D eigenvalue weighted by Crippen LogP contribution is 2.35. The van der Waals surface area contributed by atoms with Gasteiger partial charge in [-0.2, -0.15) is 0 Å². The third-order valence-corrected chi connectivity index (χ3v) is 5.42. The van der Waals surface area contributed by atoms with Crippen LogP contribution in [0.5, 0.6) is 0 Å². The predicted molar refractivity (Wildman–Crippen MR) is 104 cm³/mol. The van der Waals surface area contributed by atoms with E-state index in [0.29, 0.717) is 26.1 Å². The fourth-order valence-electron chi connectivity index (χ4n) is 4.51. The number of morpholine rings is 1. The van der Waals surface area contributed by atoms with E-state index in [1.807, 2.05) is 39.5 Å². The van der Waals surface area contributed by atoms with Crippen LogP contribution in [0.4, 0.5) is 4.79 Å². The summed E-state index contributed by atoms with van der Waals surface area (Å²) in [6.45, 7) is 12.6. The number of carbonyl (C=O) groups is 2. The summed E-state index contributed by atoms with van der Waals surface area (Å²) < 4.78 is 11.3. The van der Waals surface area contributed by atoms with Crippen LogP contribution in [-0.4, -0.2) is 47.7 Å². The fraction of sp³-hybridized carbons (Fsp3) is 0.636. The molecule has 3 rings (SSSR count). The summed E-state index contributed by atoms with van der Waals surface area (Å²) in [5, 5.41) is 0. The second-order valence-corrected chi connectivity index (χ2v) is 9.04. The minimum atomic E-state index is -0.533. The monoisotopic (exact) mass is 373 g/mol. The summed E-state index contributed by atoms with van der Waals surface area (Å²) in [6.07, 6.45) is 0.956. The Labute approximate surface area is 162 Å². The van der Waals surface area contributed by atoms with Gasteiger partial charge in [-0.25, -0.2) is 4.79 Å². The third kappa shape index (κ3) is 4.18. The average Bonchev–Trinajstić information content (AvgIpc) is 2.50. The van der Waals surface area contributed by atoms with Gasteiger partial charge in [0, 0.05) is 11.5 Å². The van der Waals surface area contributed by atoms with E-state index in [1.165, 1.54) is 5.56 Å². The topological polar surface area (TPSA) is 55.8 Å². The van der Waals surface area contributed by atoms with Crippen molar-refractivity contribution < 1.29 is 19.1 Å². The van der Waals surface area contributed by atoms with Crippen molar-refractivity contribution >= 4 is 11.9 Å². The lowest BCUT2D eigenvalue weighted by molar-refractivity contribution is -0.0861. The molecule has 0 N–H and O–H groups in total. The maximum absolute atomic E-state index is 13.3. The molecule has 0 aromatic heterocycles. The largest absolute Gasteiger partial charge is 0.444 e. The van der Waals surface area contributed by atoms with Crippen molar-refractivity contribution in [2.75, 3.05) is 13.2 Å². The number of hydrogen-bond acceptors (Lipinski definition) is 4. The summed E-state index contributed by atoms with van der Waals surface area (Å²) in [5.74, 6) is 0.119. The molecule has 27 heavy (non-hydrogen) atoms. The highest BCUT2D eigenvalue weighted by atomic mass is 16.6. The Morgan fingerprint density at radius 3 is 2.04 bits per heavy atom. The molecule has 2 atom stereocenters. The number of carbonyl (C=O) groups excluding carboxylic acids is 2. The minimum Gasteiger partial charge on any atom is -0.444 e. The number of rotatable bonds is 2. The van der Waals surface area contributed by atoms with Crippen molar-refractivity contribution in [3.63, 3.8) is 0 Å². The van der Waals surface area contributed by atoms with Crippen LogP contribution < -0.4 is 0 Å². The van der Waals surface area contributed by atoms with Crippen molar-refractivity contribution in [3.8, 4) is 0 Å². The molecule has 0 aliphatic carbocycles. The van der Waals surface area contributed by atoms with Crippen LogP contribution in [0, 0.1) is 26.7 Å². The van der Waals surface area contributed by atoms with Crippen molar-refractivity contribution in [2.24, 2.45) is 5.92 Å². The molecule has 2 aliphatic heterocycles. The number of ether oxygens (including phenoxy) is 2. The number of nitrogens with zero attached hydrogens (tertiary/aromatic N) is 1. The summed E-state index contributed by atoms with van der Waals surface area (Å²) in [6, 6.07) is 3.93. The molecule has 0 spiro atoms. The smallest absolute Gasteiger partial charge is 0.410 e. The van der Waals surface area contributed by atoms with E-state index in [4.69, 9.17) is 9.47 Å². The van der Waals surface area contributed by atoms with E-state index in [9.17, 15) is 9.59 Å². The van der Waals surface area contributed by atoms with Crippen molar-refractivity contribution in [3.05, 3.63) is 34.4 Å². The number of hydrogen-bond donors (Lipinski definition) is 0. The lowest BCUT2D eigenvalue weighted by atomic mass is 9.79. The molecule has 2 unspecified atom stereocenters. The lowest BCUT2D eigenvalue weighted by Gasteiger charge is -2.48. The first-order chi connectivity index (χ1) is 12.6. The first-order valence-electron chi connectivity index (χ1n) is 9.78. The van der Waals surface area contributed by atoms with E-state index in [1.54, 1.807) is 0 Å². The Bertz CT molecular complexity index is 712. The quantitative estimate of drug-likeness (QED) is 0.729. The van der Waals surface area contributed by atoms with Crippen molar-refractivity contribution in [1.29, 1.82) is 0 Å². The molecule has 2 bridgehead atoms. The molecule has 2 aliphatic rings. The lowest BCUT2D eigenvalue weighted by Crippen LogP contribution is -2.60. The number of fused-ring (bicyclic) bond motifs is 2. The van der Waals surface area contributed by atoms with Crippen LogP contribution >= 0.6 is 0 Å². The number of amides is 1. The molecule has 1 aromatic carbocycles. The highest BCUT2D eigenvalue weighted by Gasteiger charge is 2.45. The first kappa shape index (κ1) is 19.9. The second kappa shape index (κ2) is 7.27. The fourth-order valence-corrected chi connectivity index (χ4v) is 4.51. The zero-order valence-corrected chi connectivity index (χ0v) is 17.3. The van der Waals surface area contributed by atoms with Crippen LogP contribution in [0.2, 0.25) is 0 Å². The number of Topliss-reactive ketones (excluding diaryl/α,β-unsaturated/α-hetero) is 1. The normalized spacial score (nSPS) is 25.3. The molecular weight excluding hydrogens is 342 g/mol. The summed E-state index contributed by atoms with van der Waals surface area (Å²) in [5.41, 5.74) is 3.55. The molecule has 2 saturated heterocycles. The molecular formula is C22H31NO4. The molecule has 5 nitrogen and oxygen atoms in total. The molecule has 148 valence electrons. The zero-order valence-electron chi connectivity index (χ0n) is 17.3. The van der Waals surface area contributed by atoms with Gasteiger partial charge in [0.15, 0.2) is 5.78 Å². The maximum atomic E-state index is 13.3. The average molecular weight is 373 g/mol. The number of benzene rings is 1. The van der Waals surface area contributed by atoms with Crippen LogP contribution in [0.3, 0.4) is 0 Å². The Morgan fingerprint density at radius 1 is 1.04 bits per heavy atom. The minimum absolute atomic E-state index is 0.0808. The number of ketones is 1. The van der Waals surface area contributed by atoms with Gasteiger partial charge in [-0.15, -0.1) is 0 Å². The van der Waals surface area contributed by atoms with Gasteiger partial charge in [0.25, 0.3) is 0 Å². The molecule has 0 saturated carbocycles. The van der Waals surface area contributed by atoms with E-state index < -0.39 is 5.60 Å². The first-order valence-corrected chi connectivity index (χ1v) is 9.78. The zero-order chi connectivity index (χ0) is 19.9. The Balaban J connectivity index is 1.81. The summed E-state index contributed by atoms with van der Waals surface area (Å²) in [7, 11) is 0. The van der Waals surface area contributed by atoms with E-state index >= 15 is 0 Å². The van der Waals surface area contributed by atoms with E-state index in [0.717, 1.165) is 16.7 Å². The molecule has 2 fully saturated rings. The van der Waals surface area contributed by atoms with E-state index in [2.05, 4.69) is 19.1 Å². The van der Waals surface area contributed by atoms with Crippen molar-refractivity contribution in [2.45, 2.75) is 72.1 Å². The molecule has 5 heteroatoms. The summed E-state index contributed by atoms with van der Waals surface area (Å²) >= 11 is 0. The maximum Gasteiger partial charge on any atom is 0.410 e. The Kier molecular flexibility index (Phi) is 5.35. The molecule has 1 amide bonds. The van der Waals surface area contributed by atoms with E-state index in [-0.39, 0.29) is 29.9 Å². The molecule has 2 heterocycles. The standard InChI is InChI=1S/C22H31NO4/c1-13-7-14(2)19(15(3)8-13)20(24)16-9-17-11-26-12-18(10-16)23(17)21(25)27-22(4,5)6/h7-8,16-18H,9-12H2,1-6H3. The van der Waals surface area contributed by atoms with Gasteiger partial charge in [-0.05, 0) is 65.5 Å². The Morgan fingerprint density at radius 2 is 1.56 bits per heavy atom. The molecule has 0 radical (unpaired) electrons. The Hall–Kier alpha value is -1.88. The van der Waals surface area contributed by atoms with Gasteiger partial charge in [-0.3, -0.25) is 9.69 Å². The van der Waals surface area contributed by atoms with Gasteiger partial charge >= 0.3 is 6.09 Å². The number of piperidine rings is 1. The van der Waals surface area contributed by atoms with Gasteiger partial charge in [0.1, 0.15) is 5.60 Å². The van der Waals surface area contributed by atoms with Crippen LogP contribution in [0.1, 0.15) is 60.7 Å². The predicted octanol–water partition coefficient (Wildman–Crippen LogP) is 4.21. The van der Waals surface area contributed by atoms with Crippen LogP contribution in [0.15, 0.2) is 12.1 Å². The van der Waals surface area contributed by atoms with Crippen LogP contribution in [0.25, 0.3) is 0 Å². The van der Waals surface area contributed by atoms with Gasteiger partial charge in [0.2, 0.25) is 0 Å². The second-order valence-electron chi connectivity index (χ2n) is 9.04. The van der Waals surface area contributed by atoms with Gasteiger partial charge in [0.05, 0.1) is 25.3 Å². The van der Waals surface area contributed by atoms with Crippen molar-refractivity contribution in [1.82, 2.24) is 4.90 Å². The SMILES string of the molecule is Cc1cc(C)c(C(=O)C2CC3COCC(C2)N3C(=O)OC(C)(C)C)c(C)c1.